The van der Waals surface area contributed by atoms with Gasteiger partial charge in [-0.15, -0.1) is 11.3 Å². The molecule has 0 saturated heterocycles. The minimum absolute atomic E-state index is 0.0759. The van der Waals surface area contributed by atoms with Gasteiger partial charge in [0.15, 0.2) is 0 Å². The Morgan fingerprint density at radius 1 is 1.00 bits per heavy atom. The quantitative estimate of drug-likeness (QED) is 0.587. The topological polar surface area (TPSA) is 95.5 Å². The highest BCUT2D eigenvalue weighted by Gasteiger charge is 2.37. The maximum absolute atomic E-state index is 13.3. The molecule has 1 heterocycles. The van der Waals surface area contributed by atoms with Gasteiger partial charge in [-0.05, 0) is 56.4 Å². The number of fused-ring (bicyclic) bond motifs is 1. The van der Waals surface area contributed by atoms with E-state index in [-0.39, 0.29) is 17.9 Å². The minimum atomic E-state index is -0.893. The van der Waals surface area contributed by atoms with Crippen LogP contribution in [0, 0.1) is 17.8 Å². The molecule has 31 heavy (non-hydrogen) atoms. The highest BCUT2D eigenvalue weighted by atomic mass is 32.1. The monoisotopic (exact) mass is 446 g/mol. The largest absolute Gasteiger partial charge is 0.481 e. The molecule has 0 aliphatic heterocycles. The molecular weight excluding hydrogens is 412 g/mol. The van der Waals surface area contributed by atoms with E-state index < -0.39 is 17.8 Å². The first-order chi connectivity index (χ1) is 15.0. The fourth-order valence-electron chi connectivity index (χ4n) is 5.60. The number of carbonyl (C=O) groups is 3. The van der Waals surface area contributed by atoms with Crippen molar-refractivity contribution in [1.82, 2.24) is 5.32 Å². The van der Waals surface area contributed by atoms with E-state index in [1.807, 2.05) is 0 Å². The summed E-state index contributed by atoms with van der Waals surface area (Å²) < 4.78 is 0. The molecule has 3 aliphatic rings. The summed E-state index contributed by atoms with van der Waals surface area (Å²) in [6.45, 7) is 2.20. The first-order valence-electron chi connectivity index (χ1n) is 12.0. The fourth-order valence-corrected chi connectivity index (χ4v) is 6.97. The smallest absolute Gasteiger partial charge is 0.307 e. The molecule has 0 radical (unpaired) electrons. The number of carboxylic acids is 1. The Morgan fingerprint density at radius 2 is 1.68 bits per heavy atom. The zero-order valence-corrected chi connectivity index (χ0v) is 19.2. The summed E-state index contributed by atoms with van der Waals surface area (Å²) in [6, 6.07) is 0.216. The number of amides is 2. The molecule has 3 atom stereocenters. The number of aliphatic carboxylic acids is 1. The van der Waals surface area contributed by atoms with Crippen molar-refractivity contribution in [2.24, 2.45) is 17.8 Å². The second kappa shape index (κ2) is 9.72. The van der Waals surface area contributed by atoms with Crippen LogP contribution < -0.4 is 10.6 Å². The SMILES string of the molecule is CC[C@@H]1CCc2c(sc(NC(=O)[C@H]3CCCC[C@H]3C(=O)O)c2C(=O)NC2CCCC2)C1. The van der Waals surface area contributed by atoms with E-state index in [9.17, 15) is 19.5 Å². The molecule has 3 N–H and O–H groups in total. The first kappa shape index (κ1) is 22.3. The zero-order chi connectivity index (χ0) is 22.0. The summed E-state index contributed by atoms with van der Waals surface area (Å²) in [5, 5.41) is 16.4. The molecule has 2 fully saturated rings. The molecule has 6 nitrogen and oxygen atoms in total. The van der Waals surface area contributed by atoms with Gasteiger partial charge in [0.25, 0.3) is 5.91 Å². The number of rotatable bonds is 6. The lowest BCUT2D eigenvalue weighted by Gasteiger charge is -2.27. The van der Waals surface area contributed by atoms with Crippen molar-refractivity contribution in [1.29, 1.82) is 0 Å². The zero-order valence-electron chi connectivity index (χ0n) is 18.4. The van der Waals surface area contributed by atoms with Gasteiger partial charge in [0.1, 0.15) is 5.00 Å². The lowest BCUT2D eigenvalue weighted by atomic mass is 9.78. The van der Waals surface area contributed by atoms with Gasteiger partial charge in [-0.3, -0.25) is 14.4 Å². The van der Waals surface area contributed by atoms with E-state index >= 15 is 0 Å². The van der Waals surface area contributed by atoms with E-state index in [4.69, 9.17) is 0 Å². The van der Waals surface area contributed by atoms with Crippen LogP contribution in [0.5, 0.6) is 0 Å². The molecule has 0 aromatic carbocycles. The van der Waals surface area contributed by atoms with Gasteiger partial charge in [-0.1, -0.05) is 39.0 Å². The molecule has 1 aromatic heterocycles. The number of anilines is 1. The Balaban J connectivity index is 1.59. The van der Waals surface area contributed by atoms with Gasteiger partial charge in [-0.25, -0.2) is 0 Å². The van der Waals surface area contributed by atoms with Crippen LogP contribution in [0.2, 0.25) is 0 Å². The number of hydrogen-bond acceptors (Lipinski definition) is 4. The van der Waals surface area contributed by atoms with Crippen LogP contribution in [0.4, 0.5) is 5.00 Å². The van der Waals surface area contributed by atoms with E-state index in [1.165, 1.54) is 16.2 Å². The van der Waals surface area contributed by atoms with Crippen molar-refractivity contribution in [3.05, 3.63) is 16.0 Å². The second-order valence-corrected chi connectivity index (χ2v) is 10.6. The van der Waals surface area contributed by atoms with E-state index in [1.54, 1.807) is 0 Å². The van der Waals surface area contributed by atoms with Crippen LogP contribution in [0.15, 0.2) is 0 Å². The lowest BCUT2D eigenvalue weighted by molar-refractivity contribution is -0.147. The van der Waals surface area contributed by atoms with Gasteiger partial charge in [-0.2, -0.15) is 0 Å². The van der Waals surface area contributed by atoms with Crippen molar-refractivity contribution in [2.75, 3.05) is 5.32 Å². The van der Waals surface area contributed by atoms with Gasteiger partial charge in [0, 0.05) is 10.9 Å². The van der Waals surface area contributed by atoms with Crippen LogP contribution in [0.1, 0.15) is 91.9 Å². The Hall–Kier alpha value is -1.89. The van der Waals surface area contributed by atoms with Crippen LogP contribution in [0.25, 0.3) is 0 Å². The third kappa shape index (κ3) is 4.81. The minimum Gasteiger partial charge on any atom is -0.481 e. The highest BCUT2D eigenvalue weighted by molar-refractivity contribution is 7.17. The Labute approximate surface area is 188 Å². The molecular formula is C24H34N2O4S. The molecule has 170 valence electrons. The van der Waals surface area contributed by atoms with E-state index in [0.29, 0.717) is 29.3 Å². The summed E-state index contributed by atoms with van der Waals surface area (Å²) >= 11 is 1.53. The van der Waals surface area contributed by atoms with Crippen LogP contribution >= 0.6 is 11.3 Å². The summed E-state index contributed by atoms with van der Waals surface area (Å²) in [5.41, 5.74) is 1.73. The van der Waals surface area contributed by atoms with Crippen LogP contribution in [0.3, 0.4) is 0 Å². The standard InChI is InChI=1S/C24H34N2O4S/c1-2-14-11-12-18-19(13-14)31-23(20(18)22(28)25-15-7-3-4-8-15)26-21(27)16-9-5-6-10-17(16)24(29)30/h14-17H,2-13H2,1H3,(H,25,28)(H,26,27)(H,29,30)/t14-,16+,17-/m1/s1. The number of thiophene rings is 1. The molecule has 0 bridgehead atoms. The number of nitrogens with one attached hydrogen (secondary N) is 2. The molecule has 4 rings (SSSR count). The summed E-state index contributed by atoms with van der Waals surface area (Å²) in [6.07, 6.45) is 11.2. The molecule has 2 saturated carbocycles. The molecule has 7 heteroatoms. The van der Waals surface area contributed by atoms with Gasteiger partial charge >= 0.3 is 5.97 Å². The summed E-state index contributed by atoms with van der Waals surface area (Å²) in [7, 11) is 0. The van der Waals surface area contributed by atoms with E-state index in [0.717, 1.165) is 69.8 Å². The number of hydrogen-bond donors (Lipinski definition) is 3. The molecule has 2 amide bonds. The predicted octanol–water partition coefficient (Wildman–Crippen LogP) is 4.76. The van der Waals surface area contributed by atoms with Crippen molar-refractivity contribution in [3.63, 3.8) is 0 Å². The van der Waals surface area contributed by atoms with Crippen LogP contribution in [-0.4, -0.2) is 28.9 Å². The molecule has 0 spiro atoms. The maximum atomic E-state index is 13.3. The second-order valence-electron chi connectivity index (χ2n) is 9.50. The highest BCUT2D eigenvalue weighted by Crippen LogP contribution is 2.41. The summed E-state index contributed by atoms with van der Waals surface area (Å²) in [4.78, 5) is 39.3. The number of carboxylic acid groups (broad SMARTS) is 1. The first-order valence-corrected chi connectivity index (χ1v) is 12.8. The predicted molar refractivity (Wildman–Crippen MR) is 122 cm³/mol. The Kier molecular flexibility index (Phi) is 6.99. The third-order valence-corrected chi connectivity index (χ3v) is 8.69. The molecule has 3 aliphatic carbocycles. The average molecular weight is 447 g/mol. The van der Waals surface area contributed by atoms with Crippen molar-refractivity contribution in [2.45, 2.75) is 90.0 Å². The Morgan fingerprint density at radius 3 is 2.35 bits per heavy atom. The Bertz CT molecular complexity index is 843. The van der Waals surface area contributed by atoms with Crippen LogP contribution in [-0.2, 0) is 22.4 Å². The lowest BCUT2D eigenvalue weighted by Crippen LogP contribution is -2.37. The van der Waals surface area contributed by atoms with Gasteiger partial charge in [0.05, 0.1) is 17.4 Å². The maximum Gasteiger partial charge on any atom is 0.307 e. The molecule has 1 aromatic rings. The molecule has 0 unspecified atom stereocenters. The van der Waals surface area contributed by atoms with Gasteiger partial charge < -0.3 is 15.7 Å². The van der Waals surface area contributed by atoms with Gasteiger partial charge in [0.2, 0.25) is 5.91 Å². The number of carbonyl (C=O) groups excluding carboxylic acids is 2. The third-order valence-electron chi connectivity index (χ3n) is 7.52. The van der Waals surface area contributed by atoms with Crippen molar-refractivity contribution >= 4 is 34.1 Å². The van der Waals surface area contributed by atoms with E-state index in [2.05, 4.69) is 17.6 Å². The average Bonchev–Trinajstić information content (AvgIpc) is 3.40. The normalized spacial score (nSPS) is 26.3. The van der Waals surface area contributed by atoms with Crippen molar-refractivity contribution < 1.29 is 19.5 Å². The fraction of sp³-hybridized carbons (Fsp3) is 0.708. The summed E-state index contributed by atoms with van der Waals surface area (Å²) in [5.74, 6) is -1.76. The van der Waals surface area contributed by atoms with Crippen molar-refractivity contribution in [3.8, 4) is 0 Å².